The Balaban J connectivity index is 4.00. The van der Waals surface area contributed by atoms with Crippen LogP contribution in [0.1, 0.15) is 83.5 Å². The van der Waals surface area contributed by atoms with E-state index in [1.54, 1.807) is 0 Å². The molecule has 0 spiro atoms. The number of carboxylic acid groups (broad SMARTS) is 1. The molecule has 1 N–H and O–H groups in total. The second-order valence-electron chi connectivity index (χ2n) is 6.21. The predicted molar refractivity (Wildman–Crippen MR) is 97.9 cm³/mol. The zero-order valence-electron chi connectivity index (χ0n) is 15.0. The first-order valence-corrected chi connectivity index (χ1v) is 9.23. The van der Waals surface area contributed by atoms with Gasteiger partial charge in [0.15, 0.2) is 0 Å². The van der Waals surface area contributed by atoms with Gasteiger partial charge in [-0.2, -0.15) is 0 Å². The maximum atomic E-state index is 12.0. The molecule has 138 valence electrons. The molecule has 24 heavy (non-hydrogen) atoms. The molecule has 0 unspecified atom stereocenters. The normalized spacial score (nSPS) is 10.5. The van der Waals surface area contributed by atoms with Crippen molar-refractivity contribution in [3.63, 3.8) is 0 Å². The molecule has 4 nitrogen and oxygen atoms in total. The molecule has 0 aromatic carbocycles. The number of hydrogen-bond acceptors (Lipinski definition) is 3. The lowest BCUT2D eigenvalue weighted by Crippen LogP contribution is -2.18. The van der Waals surface area contributed by atoms with E-state index in [1.165, 1.54) is 0 Å². The topological polar surface area (TPSA) is 63.6 Å². The van der Waals surface area contributed by atoms with Crippen LogP contribution >= 0.6 is 0 Å². The Labute approximate surface area is 147 Å². The van der Waals surface area contributed by atoms with E-state index in [0.29, 0.717) is 19.3 Å². The molecule has 4 heteroatoms. The minimum Gasteiger partial charge on any atom is -0.481 e. The smallest absolute Gasteiger partial charge is 0.306 e. The standard InChI is InChI=1S/C20H34O4/c1-3-5-7-10-14-18(15-11-8-6-4-2)24-20(23)17-13-9-12-16-19(21)22/h3-4,18H,1-2,5-17H2,(H,21,22). The number of carbonyl (C=O) groups excluding carboxylic acids is 1. The molecule has 0 rings (SSSR count). The summed E-state index contributed by atoms with van der Waals surface area (Å²) in [6, 6.07) is 0. The van der Waals surface area contributed by atoms with Gasteiger partial charge in [0.1, 0.15) is 6.10 Å². The van der Waals surface area contributed by atoms with Crippen molar-refractivity contribution in [1.82, 2.24) is 0 Å². The van der Waals surface area contributed by atoms with Crippen LogP contribution in [0.25, 0.3) is 0 Å². The summed E-state index contributed by atoms with van der Waals surface area (Å²) in [5.74, 6) is -0.931. The monoisotopic (exact) mass is 338 g/mol. The van der Waals surface area contributed by atoms with E-state index in [4.69, 9.17) is 9.84 Å². The van der Waals surface area contributed by atoms with Crippen molar-refractivity contribution in [2.75, 3.05) is 0 Å². The van der Waals surface area contributed by atoms with Crippen molar-refractivity contribution in [3.05, 3.63) is 25.3 Å². The van der Waals surface area contributed by atoms with Crippen molar-refractivity contribution in [3.8, 4) is 0 Å². The molecule has 0 aliphatic rings. The van der Waals surface area contributed by atoms with Crippen LogP contribution < -0.4 is 0 Å². The van der Waals surface area contributed by atoms with Gasteiger partial charge < -0.3 is 9.84 Å². The van der Waals surface area contributed by atoms with E-state index in [0.717, 1.165) is 57.8 Å². The number of allylic oxidation sites excluding steroid dienone is 2. The SMILES string of the molecule is C=CCCCCC(CCCCC=C)OC(=O)CCCCCC(=O)O. The molecule has 0 amide bonds. The molecule has 0 aliphatic heterocycles. The minimum absolute atomic E-state index is 0.00569. The number of esters is 1. The summed E-state index contributed by atoms with van der Waals surface area (Å²) in [5.41, 5.74) is 0. The van der Waals surface area contributed by atoms with E-state index in [1.807, 2.05) is 12.2 Å². The molecule has 0 saturated carbocycles. The third-order valence-corrected chi connectivity index (χ3v) is 3.94. The number of carboxylic acids is 1. The fourth-order valence-corrected chi connectivity index (χ4v) is 2.55. The zero-order valence-corrected chi connectivity index (χ0v) is 15.0. The van der Waals surface area contributed by atoms with Gasteiger partial charge in [-0.25, -0.2) is 0 Å². The van der Waals surface area contributed by atoms with Gasteiger partial charge in [-0.3, -0.25) is 9.59 Å². The molecule has 0 atom stereocenters. The second kappa shape index (κ2) is 16.3. The molecular weight excluding hydrogens is 304 g/mol. The molecule has 0 radical (unpaired) electrons. The van der Waals surface area contributed by atoms with Crippen LogP contribution in [0.5, 0.6) is 0 Å². The van der Waals surface area contributed by atoms with Crippen LogP contribution in [0.3, 0.4) is 0 Å². The fraction of sp³-hybridized carbons (Fsp3) is 0.700. The van der Waals surface area contributed by atoms with Gasteiger partial charge >= 0.3 is 11.9 Å². The van der Waals surface area contributed by atoms with E-state index in [-0.39, 0.29) is 18.5 Å². The summed E-state index contributed by atoms with van der Waals surface area (Å²) in [7, 11) is 0. The lowest BCUT2D eigenvalue weighted by Gasteiger charge is -2.18. The number of ether oxygens (including phenoxy) is 1. The molecule has 0 saturated heterocycles. The molecule has 0 aromatic heterocycles. The molecule has 0 heterocycles. The molecular formula is C20H34O4. The highest BCUT2D eigenvalue weighted by atomic mass is 16.5. The van der Waals surface area contributed by atoms with Crippen molar-refractivity contribution in [1.29, 1.82) is 0 Å². The van der Waals surface area contributed by atoms with Crippen molar-refractivity contribution in [2.45, 2.75) is 89.6 Å². The maximum absolute atomic E-state index is 12.0. The quantitative estimate of drug-likeness (QED) is 0.218. The highest BCUT2D eigenvalue weighted by Crippen LogP contribution is 2.16. The summed E-state index contributed by atoms with van der Waals surface area (Å²) >= 11 is 0. The molecule has 0 aliphatic carbocycles. The lowest BCUT2D eigenvalue weighted by molar-refractivity contribution is -0.150. The van der Waals surface area contributed by atoms with Crippen LogP contribution in [0, 0.1) is 0 Å². The first-order chi connectivity index (χ1) is 11.6. The Morgan fingerprint density at radius 1 is 0.833 bits per heavy atom. The van der Waals surface area contributed by atoms with Gasteiger partial charge in [0.25, 0.3) is 0 Å². The average Bonchev–Trinajstić information content (AvgIpc) is 2.54. The highest BCUT2D eigenvalue weighted by Gasteiger charge is 2.14. The van der Waals surface area contributed by atoms with E-state index in [9.17, 15) is 9.59 Å². The Kier molecular flexibility index (Phi) is 15.2. The Morgan fingerprint density at radius 2 is 1.38 bits per heavy atom. The van der Waals surface area contributed by atoms with Gasteiger partial charge in [-0.05, 0) is 64.2 Å². The molecule has 0 aromatic rings. The zero-order chi connectivity index (χ0) is 18.0. The Bertz CT molecular complexity index is 347. The van der Waals surface area contributed by atoms with Crippen molar-refractivity contribution in [2.24, 2.45) is 0 Å². The summed E-state index contributed by atoms with van der Waals surface area (Å²) < 4.78 is 5.63. The fourth-order valence-electron chi connectivity index (χ4n) is 2.55. The third kappa shape index (κ3) is 15.3. The molecule has 0 bridgehead atoms. The third-order valence-electron chi connectivity index (χ3n) is 3.94. The van der Waals surface area contributed by atoms with E-state index >= 15 is 0 Å². The van der Waals surface area contributed by atoms with Gasteiger partial charge in [0, 0.05) is 12.8 Å². The largest absolute Gasteiger partial charge is 0.481 e. The Hall–Kier alpha value is -1.58. The van der Waals surface area contributed by atoms with Crippen LogP contribution in [-0.4, -0.2) is 23.1 Å². The predicted octanol–water partition coefficient (Wildman–Crippen LogP) is 5.43. The van der Waals surface area contributed by atoms with Crippen molar-refractivity contribution < 1.29 is 19.4 Å². The second-order valence-corrected chi connectivity index (χ2v) is 6.21. The summed E-state index contributed by atoms with van der Waals surface area (Å²) in [5, 5.41) is 8.58. The van der Waals surface area contributed by atoms with Crippen molar-refractivity contribution >= 4 is 11.9 Å². The van der Waals surface area contributed by atoms with Gasteiger partial charge in [-0.1, -0.05) is 18.6 Å². The van der Waals surface area contributed by atoms with E-state index < -0.39 is 5.97 Å². The minimum atomic E-state index is -0.781. The Morgan fingerprint density at radius 3 is 1.88 bits per heavy atom. The summed E-state index contributed by atoms with van der Waals surface area (Å²) in [6.07, 6.45) is 14.6. The van der Waals surface area contributed by atoms with Gasteiger partial charge in [-0.15, -0.1) is 13.2 Å². The summed E-state index contributed by atoms with van der Waals surface area (Å²) in [4.78, 5) is 22.4. The number of hydrogen-bond donors (Lipinski definition) is 1. The van der Waals surface area contributed by atoms with Gasteiger partial charge in [0.2, 0.25) is 0 Å². The van der Waals surface area contributed by atoms with Crippen LogP contribution in [0.2, 0.25) is 0 Å². The number of aliphatic carboxylic acids is 1. The van der Waals surface area contributed by atoms with Crippen LogP contribution in [-0.2, 0) is 14.3 Å². The summed E-state index contributed by atoms with van der Waals surface area (Å²) in [6.45, 7) is 7.45. The van der Waals surface area contributed by atoms with Crippen LogP contribution in [0.4, 0.5) is 0 Å². The average molecular weight is 338 g/mol. The van der Waals surface area contributed by atoms with Gasteiger partial charge in [0.05, 0.1) is 0 Å². The highest BCUT2D eigenvalue weighted by molar-refractivity contribution is 5.69. The first kappa shape index (κ1) is 22.4. The maximum Gasteiger partial charge on any atom is 0.306 e. The first-order valence-electron chi connectivity index (χ1n) is 9.23. The number of rotatable bonds is 17. The van der Waals surface area contributed by atoms with Crippen LogP contribution in [0.15, 0.2) is 25.3 Å². The number of carbonyl (C=O) groups is 2. The van der Waals surface area contributed by atoms with E-state index in [2.05, 4.69) is 13.2 Å². The number of unbranched alkanes of at least 4 members (excludes halogenated alkanes) is 6. The lowest BCUT2D eigenvalue weighted by atomic mass is 10.0. The molecule has 0 fully saturated rings.